The first kappa shape index (κ1) is 15.0. The molecule has 1 heteroatoms. The van der Waals surface area contributed by atoms with E-state index in [1.165, 1.54) is 45.2 Å². The van der Waals surface area contributed by atoms with E-state index in [1.807, 2.05) is 0 Å². The second-order valence-corrected chi connectivity index (χ2v) is 5.63. The summed E-state index contributed by atoms with van der Waals surface area (Å²) in [4.78, 5) is 0. The summed E-state index contributed by atoms with van der Waals surface area (Å²) < 4.78 is 0. The summed E-state index contributed by atoms with van der Waals surface area (Å²) in [6.45, 7) is 14.0. The van der Waals surface area contributed by atoms with Gasteiger partial charge in [-0.2, -0.15) is 0 Å². The minimum atomic E-state index is 0.518. The molecule has 0 fully saturated rings. The van der Waals surface area contributed by atoms with Gasteiger partial charge >= 0.3 is 0 Å². The Morgan fingerprint density at radius 2 is 1.87 bits per heavy atom. The average Bonchev–Trinajstić information content (AvgIpc) is 2.18. The van der Waals surface area contributed by atoms with Crippen LogP contribution in [0, 0.1) is 11.3 Å². The lowest BCUT2D eigenvalue weighted by Gasteiger charge is -2.29. The molecule has 0 aromatic heterocycles. The topological polar surface area (TPSA) is 12.0 Å². The van der Waals surface area contributed by atoms with Gasteiger partial charge in [0.05, 0.1) is 0 Å². The molecule has 0 aromatic carbocycles. The van der Waals surface area contributed by atoms with E-state index in [2.05, 4.69) is 39.9 Å². The third-order valence-corrected chi connectivity index (χ3v) is 3.39. The average molecular weight is 213 g/mol. The number of hydrogen-bond acceptors (Lipinski definition) is 1. The van der Waals surface area contributed by atoms with Crippen LogP contribution in [-0.4, -0.2) is 13.1 Å². The lowest BCUT2D eigenvalue weighted by molar-refractivity contribution is 0.255. The van der Waals surface area contributed by atoms with Crippen LogP contribution in [0.4, 0.5) is 0 Å². The minimum absolute atomic E-state index is 0.518. The highest BCUT2D eigenvalue weighted by Crippen LogP contribution is 2.28. The van der Waals surface area contributed by atoms with Crippen molar-refractivity contribution in [2.24, 2.45) is 11.3 Å². The molecule has 15 heavy (non-hydrogen) atoms. The van der Waals surface area contributed by atoms with Gasteiger partial charge in [-0.05, 0) is 37.1 Å². The van der Waals surface area contributed by atoms with Gasteiger partial charge < -0.3 is 5.32 Å². The first-order valence-corrected chi connectivity index (χ1v) is 6.74. The third-order valence-electron chi connectivity index (χ3n) is 3.39. The van der Waals surface area contributed by atoms with E-state index < -0.39 is 0 Å². The van der Waals surface area contributed by atoms with Crippen molar-refractivity contribution in [1.29, 1.82) is 0 Å². The molecule has 0 aliphatic heterocycles. The van der Waals surface area contributed by atoms with Crippen LogP contribution >= 0.6 is 0 Å². The van der Waals surface area contributed by atoms with Crippen molar-refractivity contribution in [3.8, 4) is 0 Å². The molecular formula is C14H31N. The SMILES string of the molecule is CCCNCC(C)(CC)CCCC(C)C. The van der Waals surface area contributed by atoms with Crippen LogP contribution in [0.5, 0.6) is 0 Å². The summed E-state index contributed by atoms with van der Waals surface area (Å²) in [6, 6.07) is 0. The maximum Gasteiger partial charge on any atom is 0.000506 e. The molecule has 0 saturated heterocycles. The first-order chi connectivity index (χ1) is 7.04. The van der Waals surface area contributed by atoms with Gasteiger partial charge in [-0.25, -0.2) is 0 Å². The predicted molar refractivity (Wildman–Crippen MR) is 70.2 cm³/mol. The highest BCUT2D eigenvalue weighted by molar-refractivity contribution is 4.75. The maximum atomic E-state index is 3.56. The standard InChI is InChI=1S/C14H31N/c1-6-11-15-12-14(5,7-2)10-8-9-13(3)4/h13,15H,6-12H2,1-5H3. The quantitative estimate of drug-likeness (QED) is 0.565. The Kier molecular flexibility index (Phi) is 8.13. The molecule has 0 radical (unpaired) electrons. The van der Waals surface area contributed by atoms with E-state index in [1.54, 1.807) is 0 Å². The third kappa shape index (κ3) is 7.84. The van der Waals surface area contributed by atoms with E-state index in [0.29, 0.717) is 5.41 Å². The molecule has 0 saturated carbocycles. The van der Waals surface area contributed by atoms with Gasteiger partial charge in [0, 0.05) is 6.54 Å². The summed E-state index contributed by atoms with van der Waals surface area (Å²) in [5.41, 5.74) is 0.518. The van der Waals surface area contributed by atoms with Gasteiger partial charge in [-0.1, -0.05) is 47.5 Å². The molecule has 0 amide bonds. The molecule has 92 valence electrons. The Hall–Kier alpha value is -0.0400. The summed E-state index contributed by atoms with van der Waals surface area (Å²) >= 11 is 0. The van der Waals surface area contributed by atoms with E-state index >= 15 is 0 Å². The van der Waals surface area contributed by atoms with Gasteiger partial charge in [0.25, 0.3) is 0 Å². The highest BCUT2D eigenvalue weighted by Gasteiger charge is 2.20. The Labute approximate surface area is 97.0 Å². The smallest absolute Gasteiger partial charge is 0.000506 e. The second-order valence-electron chi connectivity index (χ2n) is 5.63. The number of hydrogen-bond donors (Lipinski definition) is 1. The van der Waals surface area contributed by atoms with E-state index in [9.17, 15) is 0 Å². The minimum Gasteiger partial charge on any atom is -0.316 e. The summed E-state index contributed by atoms with van der Waals surface area (Å²) in [7, 11) is 0. The molecule has 0 aliphatic rings. The Balaban J connectivity index is 3.74. The fourth-order valence-electron chi connectivity index (χ4n) is 1.89. The number of rotatable bonds is 9. The van der Waals surface area contributed by atoms with Crippen LogP contribution in [0.25, 0.3) is 0 Å². The lowest BCUT2D eigenvalue weighted by Crippen LogP contribution is -2.31. The van der Waals surface area contributed by atoms with Crippen molar-refractivity contribution >= 4 is 0 Å². The van der Waals surface area contributed by atoms with Crippen molar-refractivity contribution in [2.45, 2.75) is 66.7 Å². The molecule has 0 bridgehead atoms. The van der Waals surface area contributed by atoms with Crippen LogP contribution in [0.1, 0.15) is 66.7 Å². The summed E-state index contributed by atoms with van der Waals surface area (Å²) in [5.74, 6) is 0.856. The molecule has 0 heterocycles. The zero-order chi connectivity index (χ0) is 11.7. The Bertz CT molecular complexity index is 142. The van der Waals surface area contributed by atoms with Crippen molar-refractivity contribution in [2.75, 3.05) is 13.1 Å². The zero-order valence-electron chi connectivity index (χ0n) is 11.5. The molecule has 0 aliphatic carbocycles. The van der Waals surface area contributed by atoms with Crippen molar-refractivity contribution in [3.05, 3.63) is 0 Å². The first-order valence-electron chi connectivity index (χ1n) is 6.74. The zero-order valence-corrected chi connectivity index (χ0v) is 11.5. The van der Waals surface area contributed by atoms with Crippen molar-refractivity contribution in [3.63, 3.8) is 0 Å². The van der Waals surface area contributed by atoms with Gasteiger partial charge in [0.15, 0.2) is 0 Å². The van der Waals surface area contributed by atoms with Crippen LogP contribution in [-0.2, 0) is 0 Å². The van der Waals surface area contributed by atoms with Crippen LogP contribution in [0.3, 0.4) is 0 Å². The van der Waals surface area contributed by atoms with Gasteiger partial charge in [-0.15, -0.1) is 0 Å². The van der Waals surface area contributed by atoms with Crippen LogP contribution < -0.4 is 5.32 Å². The van der Waals surface area contributed by atoms with E-state index in [-0.39, 0.29) is 0 Å². The van der Waals surface area contributed by atoms with Gasteiger partial charge in [0.1, 0.15) is 0 Å². The molecule has 1 atom stereocenters. The van der Waals surface area contributed by atoms with Crippen LogP contribution in [0.2, 0.25) is 0 Å². The summed E-state index contributed by atoms with van der Waals surface area (Å²) in [5, 5.41) is 3.56. The second kappa shape index (κ2) is 8.15. The molecule has 0 rings (SSSR count). The molecule has 1 N–H and O–H groups in total. The summed E-state index contributed by atoms with van der Waals surface area (Å²) in [6.07, 6.45) is 6.67. The lowest BCUT2D eigenvalue weighted by atomic mass is 9.81. The molecule has 0 aromatic rings. The maximum absolute atomic E-state index is 3.56. The van der Waals surface area contributed by atoms with Crippen molar-refractivity contribution in [1.82, 2.24) is 5.32 Å². The van der Waals surface area contributed by atoms with Crippen LogP contribution in [0.15, 0.2) is 0 Å². The normalized spacial score (nSPS) is 15.6. The molecule has 1 nitrogen and oxygen atoms in total. The van der Waals surface area contributed by atoms with Gasteiger partial charge in [0.2, 0.25) is 0 Å². The van der Waals surface area contributed by atoms with E-state index in [0.717, 1.165) is 5.92 Å². The highest BCUT2D eigenvalue weighted by atomic mass is 14.9. The Morgan fingerprint density at radius 3 is 2.33 bits per heavy atom. The predicted octanol–water partition coefficient (Wildman–Crippen LogP) is 4.23. The fourth-order valence-corrected chi connectivity index (χ4v) is 1.89. The molecular weight excluding hydrogens is 182 g/mol. The van der Waals surface area contributed by atoms with E-state index in [4.69, 9.17) is 0 Å². The largest absolute Gasteiger partial charge is 0.316 e. The Morgan fingerprint density at radius 1 is 1.20 bits per heavy atom. The molecule has 1 unspecified atom stereocenters. The fraction of sp³-hybridized carbons (Fsp3) is 1.00. The van der Waals surface area contributed by atoms with Gasteiger partial charge in [-0.3, -0.25) is 0 Å². The molecule has 0 spiro atoms. The van der Waals surface area contributed by atoms with Crippen molar-refractivity contribution < 1.29 is 0 Å². The number of nitrogens with one attached hydrogen (secondary N) is 1. The monoisotopic (exact) mass is 213 g/mol.